The van der Waals surface area contributed by atoms with E-state index in [0.29, 0.717) is 18.4 Å². The largest absolute Gasteiger partial charge is 0.460 e. The van der Waals surface area contributed by atoms with Crippen LogP contribution in [0.1, 0.15) is 49.7 Å². The number of hydrogen-bond donors (Lipinski definition) is 0. The standard InChI is InChI=1S/C19H23BrO2/c1-13-4-2-3-5-16(13)11-22-17(21)18-7-14-6-15(8-18)10-19(20,9-14)12-18/h2-5,14-15H,6-12H2,1H3/t14-,15+,18?,19?. The normalized spacial score (nSPS) is 39.0. The maximum absolute atomic E-state index is 12.9. The third-order valence-corrected chi connectivity index (χ3v) is 6.97. The number of carbonyl (C=O) groups excluding carboxylic acids is 1. The lowest BCUT2D eigenvalue weighted by Crippen LogP contribution is -2.56. The van der Waals surface area contributed by atoms with Crippen molar-refractivity contribution < 1.29 is 9.53 Å². The molecule has 0 amide bonds. The van der Waals surface area contributed by atoms with Gasteiger partial charge in [-0.1, -0.05) is 40.2 Å². The van der Waals surface area contributed by atoms with E-state index in [0.717, 1.165) is 24.8 Å². The Morgan fingerprint density at radius 1 is 1.23 bits per heavy atom. The van der Waals surface area contributed by atoms with Crippen molar-refractivity contribution in [2.45, 2.75) is 56.4 Å². The molecule has 1 aromatic rings. The van der Waals surface area contributed by atoms with Crippen LogP contribution in [0.3, 0.4) is 0 Å². The van der Waals surface area contributed by atoms with Gasteiger partial charge in [0.2, 0.25) is 0 Å². The van der Waals surface area contributed by atoms with Crippen molar-refractivity contribution in [3.8, 4) is 0 Å². The molecule has 0 heterocycles. The second-order valence-corrected chi connectivity index (χ2v) is 9.58. The number of alkyl halides is 1. The molecule has 1 aromatic carbocycles. The molecule has 22 heavy (non-hydrogen) atoms. The minimum atomic E-state index is -0.212. The van der Waals surface area contributed by atoms with Crippen LogP contribution in [0.15, 0.2) is 24.3 Å². The Hall–Kier alpha value is -0.830. The Bertz CT molecular complexity index is 595. The van der Waals surface area contributed by atoms with E-state index >= 15 is 0 Å². The van der Waals surface area contributed by atoms with Crippen molar-refractivity contribution in [1.82, 2.24) is 0 Å². The number of ether oxygens (including phenoxy) is 1. The molecular formula is C19H23BrO2. The maximum Gasteiger partial charge on any atom is 0.312 e. The van der Waals surface area contributed by atoms with Crippen LogP contribution in [0.4, 0.5) is 0 Å². The van der Waals surface area contributed by atoms with Gasteiger partial charge >= 0.3 is 5.97 Å². The third-order valence-electron chi connectivity index (χ3n) is 6.04. The zero-order valence-electron chi connectivity index (χ0n) is 13.1. The minimum Gasteiger partial charge on any atom is -0.460 e. The van der Waals surface area contributed by atoms with E-state index in [1.54, 1.807) is 0 Å². The topological polar surface area (TPSA) is 26.3 Å². The van der Waals surface area contributed by atoms with Gasteiger partial charge in [-0.05, 0) is 68.4 Å². The summed E-state index contributed by atoms with van der Waals surface area (Å²) >= 11 is 3.96. The fourth-order valence-corrected chi connectivity index (χ4v) is 6.91. The number of halogens is 1. The maximum atomic E-state index is 12.9. The van der Waals surface area contributed by atoms with Gasteiger partial charge in [-0.25, -0.2) is 0 Å². The van der Waals surface area contributed by atoms with Crippen LogP contribution in [-0.2, 0) is 16.1 Å². The van der Waals surface area contributed by atoms with Crippen LogP contribution in [0.2, 0.25) is 0 Å². The first-order chi connectivity index (χ1) is 10.5. The van der Waals surface area contributed by atoms with Gasteiger partial charge in [0, 0.05) is 4.32 Å². The molecule has 4 atom stereocenters. The molecule has 5 rings (SSSR count). The minimum absolute atomic E-state index is 0.0497. The molecule has 4 fully saturated rings. The molecule has 0 saturated heterocycles. The fourth-order valence-electron chi connectivity index (χ4n) is 5.46. The van der Waals surface area contributed by atoms with Crippen LogP contribution in [0.5, 0.6) is 0 Å². The van der Waals surface area contributed by atoms with Crippen LogP contribution in [-0.4, -0.2) is 10.3 Å². The second-order valence-electron chi connectivity index (χ2n) is 7.89. The molecule has 3 heteroatoms. The highest BCUT2D eigenvalue weighted by Crippen LogP contribution is 2.64. The van der Waals surface area contributed by atoms with Gasteiger partial charge in [-0.15, -0.1) is 0 Å². The summed E-state index contributed by atoms with van der Waals surface area (Å²) in [5, 5.41) is 0. The first-order valence-electron chi connectivity index (χ1n) is 8.39. The summed E-state index contributed by atoms with van der Waals surface area (Å²) in [4.78, 5) is 12.9. The van der Waals surface area contributed by atoms with E-state index in [4.69, 9.17) is 4.74 Å². The zero-order chi connectivity index (χ0) is 15.4. The molecular weight excluding hydrogens is 340 g/mol. The predicted molar refractivity (Wildman–Crippen MR) is 89.7 cm³/mol. The lowest BCUT2D eigenvalue weighted by molar-refractivity contribution is -0.170. The Labute approximate surface area is 140 Å². The summed E-state index contributed by atoms with van der Waals surface area (Å²) < 4.78 is 5.99. The van der Waals surface area contributed by atoms with E-state index in [2.05, 4.69) is 28.9 Å². The van der Waals surface area contributed by atoms with Gasteiger partial charge in [0.1, 0.15) is 6.61 Å². The van der Waals surface area contributed by atoms with Crippen LogP contribution >= 0.6 is 15.9 Å². The number of benzene rings is 1. The molecule has 0 aromatic heterocycles. The van der Waals surface area contributed by atoms with Crippen molar-refractivity contribution in [2.24, 2.45) is 17.3 Å². The molecule has 4 bridgehead atoms. The molecule has 2 unspecified atom stereocenters. The number of esters is 1. The van der Waals surface area contributed by atoms with E-state index < -0.39 is 0 Å². The van der Waals surface area contributed by atoms with Gasteiger partial charge in [0.25, 0.3) is 0 Å². The SMILES string of the molecule is Cc1ccccc1COC(=O)C12C[C@@H]3C[C@@H](CC(Br)(C3)C1)C2. The van der Waals surface area contributed by atoms with E-state index in [-0.39, 0.29) is 15.7 Å². The van der Waals surface area contributed by atoms with Gasteiger partial charge in [0.05, 0.1) is 5.41 Å². The number of carbonyl (C=O) groups is 1. The van der Waals surface area contributed by atoms with Gasteiger partial charge in [-0.2, -0.15) is 0 Å². The first-order valence-corrected chi connectivity index (χ1v) is 9.18. The molecule has 4 saturated carbocycles. The van der Waals surface area contributed by atoms with E-state index in [1.165, 1.54) is 24.8 Å². The number of rotatable bonds is 3. The average Bonchev–Trinajstić information content (AvgIpc) is 2.43. The molecule has 4 aliphatic carbocycles. The molecule has 0 aliphatic heterocycles. The average molecular weight is 363 g/mol. The van der Waals surface area contributed by atoms with Gasteiger partial charge in [0.15, 0.2) is 0 Å². The Morgan fingerprint density at radius 3 is 2.55 bits per heavy atom. The third kappa shape index (κ3) is 2.42. The summed E-state index contributed by atoms with van der Waals surface area (Å²) in [5.41, 5.74) is 2.10. The highest BCUT2D eigenvalue weighted by atomic mass is 79.9. The first kappa shape index (κ1) is 14.7. The van der Waals surface area contributed by atoms with Gasteiger partial charge in [-0.3, -0.25) is 4.79 Å². The zero-order valence-corrected chi connectivity index (χ0v) is 14.7. The van der Waals surface area contributed by atoms with E-state index in [9.17, 15) is 4.79 Å². The molecule has 0 N–H and O–H groups in total. The monoisotopic (exact) mass is 362 g/mol. The molecule has 4 aliphatic rings. The molecule has 0 radical (unpaired) electrons. The van der Waals surface area contributed by atoms with E-state index in [1.807, 2.05) is 18.2 Å². The molecule has 0 spiro atoms. The Balaban J connectivity index is 1.50. The van der Waals surface area contributed by atoms with Crippen LogP contribution in [0.25, 0.3) is 0 Å². The Kier molecular flexibility index (Phi) is 3.41. The summed E-state index contributed by atoms with van der Waals surface area (Å²) in [7, 11) is 0. The smallest absolute Gasteiger partial charge is 0.312 e. The number of hydrogen-bond acceptors (Lipinski definition) is 2. The quantitative estimate of drug-likeness (QED) is 0.571. The summed E-state index contributed by atoms with van der Waals surface area (Å²) in [6, 6.07) is 8.15. The summed E-state index contributed by atoms with van der Waals surface area (Å²) in [6.07, 6.45) is 6.87. The lowest BCUT2D eigenvalue weighted by Gasteiger charge is -2.58. The van der Waals surface area contributed by atoms with Crippen molar-refractivity contribution >= 4 is 21.9 Å². The fraction of sp³-hybridized carbons (Fsp3) is 0.632. The highest BCUT2D eigenvalue weighted by Gasteiger charge is 2.60. The highest BCUT2D eigenvalue weighted by molar-refractivity contribution is 9.10. The molecule has 2 nitrogen and oxygen atoms in total. The Morgan fingerprint density at radius 2 is 1.91 bits per heavy atom. The number of aryl methyl sites for hydroxylation is 1. The lowest BCUT2D eigenvalue weighted by atomic mass is 9.49. The van der Waals surface area contributed by atoms with Crippen molar-refractivity contribution in [1.29, 1.82) is 0 Å². The second kappa shape index (κ2) is 5.09. The predicted octanol–water partition coefficient (Wildman–Crippen LogP) is 4.77. The van der Waals surface area contributed by atoms with Crippen molar-refractivity contribution in [3.05, 3.63) is 35.4 Å². The molecule has 118 valence electrons. The van der Waals surface area contributed by atoms with Crippen LogP contribution in [0, 0.1) is 24.2 Å². The van der Waals surface area contributed by atoms with Gasteiger partial charge < -0.3 is 4.74 Å². The van der Waals surface area contributed by atoms with Crippen LogP contribution < -0.4 is 0 Å². The summed E-state index contributed by atoms with van der Waals surface area (Å²) in [5.74, 6) is 1.48. The summed E-state index contributed by atoms with van der Waals surface area (Å²) in [6.45, 7) is 2.49. The van der Waals surface area contributed by atoms with Crippen molar-refractivity contribution in [2.75, 3.05) is 0 Å². The van der Waals surface area contributed by atoms with Crippen molar-refractivity contribution in [3.63, 3.8) is 0 Å².